The van der Waals surface area contributed by atoms with Gasteiger partial charge >= 0.3 is 0 Å². The average Bonchev–Trinajstić information content (AvgIpc) is 2.94. The van der Waals surface area contributed by atoms with E-state index < -0.39 is 5.82 Å². The van der Waals surface area contributed by atoms with Crippen LogP contribution in [0.25, 0.3) is 0 Å². The molecule has 0 radical (unpaired) electrons. The summed E-state index contributed by atoms with van der Waals surface area (Å²) < 4.78 is 26.9. The van der Waals surface area contributed by atoms with E-state index in [1.54, 1.807) is 11.1 Å². The van der Waals surface area contributed by atoms with E-state index in [0.717, 1.165) is 49.4 Å². The Morgan fingerprint density at radius 2 is 2.02 bits per heavy atom. The van der Waals surface area contributed by atoms with E-state index in [1.807, 2.05) is 33.0 Å². The monoisotopic (exact) mass is 582 g/mol. The molecule has 3 aromatic rings. The number of fused-ring (bicyclic) bond motifs is 1. The number of benzene rings is 1. The highest BCUT2D eigenvalue weighted by Gasteiger charge is 2.54. The molecule has 0 bridgehead atoms. The highest BCUT2D eigenvalue weighted by Crippen LogP contribution is 2.52. The van der Waals surface area contributed by atoms with Crippen molar-refractivity contribution in [3.63, 3.8) is 0 Å². The van der Waals surface area contributed by atoms with E-state index in [1.165, 1.54) is 24.5 Å². The minimum Gasteiger partial charge on any atom is -0.490 e. The molecule has 1 unspecified atom stereocenters. The van der Waals surface area contributed by atoms with Gasteiger partial charge in [-0.25, -0.2) is 19.6 Å². The lowest BCUT2D eigenvalue weighted by Gasteiger charge is -2.59. The first kappa shape index (κ1) is 28.9. The predicted molar refractivity (Wildman–Crippen MR) is 161 cm³/mol. The fraction of sp³-hybridized carbons (Fsp3) is 0.469. The van der Waals surface area contributed by atoms with E-state index >= 15 is 0 Å². The average molecular weight is 582 g/mol. The van der Waals surface area contributed by atoms with Crippen molar-refractivity contribution in [2.24, 2.45) is 5.41 Å². The lowest BCUT2D eigenvalue weighted by Crippen LogP contribution is -2.65. The molecule has 2 fully saturated rings. The number of amides is 1. The number of carbonyl (C=O) groups is 1. The van der Waals surface area contributed by atoms with Crippen LogP contribution in [0.1, 0.15) is 62.2 Å². The molecular weight excluding hydrogens is 546 g/mol. The van der Waals surface area contributed by atoms with E-state index in [2.05, 4.69) is 32.7 Å². The third kappa shape index (κ3) is 5.51. The van der Waals surface area contributed by atoms with Gasteiger partial charge in [0.25, 0.3) is 12.6 Å². The molecule has 6 rings (SSSR count). The molecule has 11 heteroatoms. The summed E-state index contributed by atoms with van der Waals surface area (Å²) in [6, 6.07) is 5.88. The highest BCUT2D eigenvalue weighted by atomic mass is 19.1. The van der Waals surface area contributed by atoms with Crippen LogP contribution in [-0.4, -0.2) is 64.3 Å². The minimum atomic E-state index is -0.502. The summed E-state index contributed by atoms with van der Waals surface area (Å²) in [6.45, 7) is 9.95. The van der Waals surface area contributed by atoms with Gasteiger partial charge < -0.3 is 19.3 Å². The zero-order valence-corrected chi connectivity index (χ0v) is 25.1. The quantitative estimate of drug-likeness (QED) is 0.330. The van der Waals surface area contributed by atoms with E-state index in [4.69, 9.17) is 9.47 Å². The molecule has 1 amide bonds. The van der Waals surface area contributed by atoms with Crippen molar-refractivity contribution in [3.8, 4) is 23.2 Å². The van der Waals surface area contributed by atoms with Gasteiger partial charge in [-0.1, -0.05) is 6.92 Å². The van der Waals surface area contributed by atoms with Gasteiger partial charge in [-0.2, -0.15) is 0 Å². The van der Waals surface area contributed by atoms with Crippen molar-refractivity contribution in [3.05, 3.63) is 65.6 Å². The molecule has 222 valence electrons. The summed E-state index contributed by atoms with van der Waals surface area (Å²) in [7, 11) is 0. The number of rotatable bonds is 8. The van der Waals surface area contributed by atoms with Gasteiger partial charge in [-0.15, -0.1) is 0 Å². The molecule has 4 heterocycles. The molecule has 1 aromatic carbocycles. The van der Waals surface area contributed by atoms with Crippen LogP contribution in [0.15, 0.2) is 43.0 Å². The summed E-state index contributed by atoms with van der Waals surface area (Å²) in [6.07, 6.45) is 8.34. The second kappa shape index (κ2) is 11.5. The molecule has 1 saturated carbocycles. The Bertz CT molecular complexity index is 1560. The fourth-order valence-electron chi connectivity index (χ4n) is 6.80. The summed E-state index contributed by atoms with van der Waals surface area (Å²) in [5.41, 5.74) is 2.44. The summed E-state index contributed by atoms with van der Waals surface area (Å²) >= 11 is 0. The van der Waals surface area contributed by atoms with Crippen molar-refractivity contribution in [1.82, 2.24) is 19.9 Å². The topological polar surface area (TPSA) is 104 Å². The number of hydrogen-bond donors (Lipinski definition) is 0. The number of halogens is 1. The van der Waals surface area contributed by atoms with Crippen LogP contribution < -0.4 is 14.4 Å². The third-order valence-electron chi connectivity index (χ3n) is 9.14. The number of aromatic nitrogens is 3. The first-order chi connectivity index (χ1) is 20.7. The lowest BCUT2D eigenvalue weighted by atomic mass is 9.37. The number of carbonyl (C=O) groups excluding carboxylic acids is 1. The molecule has 43 heavy (non-hydrogen) atoms. The Morgan fingerprint density at radius 3 is 2.74 bits per heavy atom. The smallest absolute Gasteiger partial charge is 0.275 e. The normalized spacial score (nSPS) is 18.9. The summed E-state index contributed by atoms with van der Waals surface area (Å²) in [5.74, 6) is 4.15. The lowest BCUT2D eigenvalue weighted by molar-refractivity contribution is -0.0348. The number of ether oxygens (including phenoxy) is 2. The Balaban J connectivity index is 1.12. The summed E-state index contributed by atoms with van der Waals surface area (Å²) in [5, 5.41) is 9.58. The summed E-state index contributed by atoms with van der Waals surface area (Å²) in [4.78, 5) is 30.3. The maximum Gasteiger partial charge on any atom is 0.275 e. The molecular formula is C32H36BFN6O3. The number of nitrogens with zero attached hydrogens (tertiary/aromatic N) is 6. The van der Waals surface area contributed by atoms with E-state index in [9.17, 15) is 14.4 Å². The SMILES string of the molecule is CCN(C(=O)c1cc(F)ccc1Oc1cncnc1N1CC2(CC(Oc3ccnc4c3CB(C#N)C(C)C4)C2)C1)C(C)C. The van der Waals surface area contributed by atoms with Gasteiger partial charge in [0.1, 0.15) is 29.7 Å². The molecule has 1 spiro atoms. The molecule has 2 aliphatic heterocycles. The van der Waals surface area contributed by atoms with Crippen LogP contribution in [0, 0.1) is 22.5 Å². The largest absolute Gasteiger partial charge is 0.490 e. The van der Waals surface area contributed by atoms with Crippen LogP contribution in [-0.2, 0) is 12.7 Å². The van der Waals surface area contributed by atoms with Crippen LogP contribution in [0.4, 0.5) is 10.2 Å². The van der Waals surface area contributed by atoms with Crippen molar-refractivity contribution in [2.45, 2.75) is 71.2 Å². The Labute approximate surface area is 252 Å². The number of anilines is 1. The maximum atomic E-state index is 14.2. The second-order valence-corrected chi connectivity index (χ2v) is 12.5. The number of pyridine rings is 1. The molecule has 1 aliphatic carbocycles. The van der Waals surface area contributed by atoms with Crippen LogP contribution in [0.5, 0.6) is 17.2 Å². The van der Waals surface area contributed by atoms with Gasteiger partial charge in [0.2, 0.25) is 0 Å². The first-order valence-corrected chi connectivity index (χ1v) is 15.1. The fourth-order valence-corrected chi connectivity index (χ4v) is 6.80. The zero-order chi connectivity index (χ0) is 30.3. The maximum absolute atomic E-state index is 14.2. The highest BCUT2D eigenvalue weighted by molar-refractivity contribution is 6.68. The Hall–Kier alpha value is -4.20. The van der Waals surface area contributed by atoms with Crippen LogP contribution in [0.2, 0.25) is 5.82 Å². The van der Waals surface area contributed by atoms with Crippen molar-refractivity contribution >= 4 is 18.4 Å². The molecule has 1 saturated heterocycles. The zero-order valence-electron chi connectivity index (χ0n) is 25.1. The van der Waals surface area contributed by atoms with Gasteiger partial charge in [0, 0.05) is 54.5 Å². The molecule has 0 N–H and O–H groups in total. The Morgan fingerprint density at radius 1 is 1.23 bits per heavy atom. The van der Waals surface area contributed by atoms with Gasteiger partial charge in [-0.3, -0.25) is 9.78 Å². The molecule has 9 nitrogen and oxygen atoms in total. The van der Waals surface area contributed by atoms with Gasteiger partial charge in [0.15, 0.2) is 11.6 Å². The Kier molecular flexibility index (Phi) is 7.71. The second-order valence-electron chi connectivity index (χ2n) is 12.5. The van der Waals surface area contributed by atoms with Crippen LogP contribution in [0.3, 0.4) is 0 Å². The minimum absolute atomic E-state index is 0.0128. The number of hydrogen-bond acceptors (Lipinski definition) is 8. The first-order valence-electron chi connectivity index (χ1n) is 15.1. The molecule has 2 aromatic heterocycles. The van der Waals surface area contributed by atoms with Crippen molar-refractivity contribution in [2.75, 3.05) is 24.5 Å². The standard InChI is InChI=1S/C32H36BFN6O3/c1-5-40(20(2)3)31(41)24-11-22(34)6-7-27(24)43-29-15-36-19-38-30(29)39-16-32(17-39)12-23(13-32)42-28-8-9-37-26-10-21(4)33(18-35)14-25(26)28/h6-9,11,15,19-21,23H,5,10,12-14,16-17H2,1-4H3. The molecule has 1 atom stereocenters. The van der Waals surface area contributed by atoms with Crippen LogP contribution >= 0.6 is 0 Å². The third-order valence-corrected chi connectivity index (χ3v) is 9.14. The predicted octanol–water partition coefficient (Wildman–Crippen LogP) is 5.31. The van der Waals surface area contributed by atoms with Gasteiger partial charge in [-0.05, 0) is 76.4 Å². The van der Waals surface area contributed by atoms with E-state index in [0.29, 0.717) is 30.2 Å². The van der Waals surface area contributed by atoms with Crippen molar-refractivity contribution in [1.29, 1.82) is 5.26 Å². The van der Waals surface area contributed by atoms with Crippen molar-refractivity contribution < 1.29 is 18.7 Å². The van der Waals surface area contributed by atoms with E-state index in [-0.39, 0.29) is 41.5 Å². The molecule has 3 aliphatic rings. The number of nitriles is 1. The van der Waals surface area contributed by atoms with Gasteiger partial charge in [0.05, 0.1) is 11.8 Å².